The van der Waals surface area contributed by atoms with Crippen LogP contribution in [0.2, 0.25) is 0 Å². The van der Waals surface area contributed by atoms with Gasteiger partial charge in [0.15, 0.2) is 0 Å². The first-order valence-electron chi connectivity index (χ1n) is 6.92. The fourth-order valence-corrected chi connectivity index (χ4v) is 2.64. The summed E-state index contributed by atoms with van der Waals surface area (Å²) in [6, 6.07) is 4.92. The molecule has 1 fully saturated rings. The molecule has 1 aliphatic heterocycles. The lowest BCUT2D eigenvalue weighted by atomic mass is 9.97. The number of nitro benzene ring substituents is 1. The number of nitrogens with one attached hydrogen (secondary N) is 1. The van der Waals surface area contributed by atoms with Crippen molar-refractivity contribution in [1.82, 2.24) is 4.90 Å². The Bertz CT molecular complexity index is 471. The fourth-order valence-electron chi connectivity index (χ4n) is 2.64. The summed E-state index contributed by atoms with van der Waals surface area (Å²) in [6.45, 7) is 2.82. The van der Waals surface area contributed by atoms with Gasteiger partial charge in [-0.3, -0.25) is 15.0 Å². The molecule has 110 valence electrons. The average Bonchev–Trinajstić information content (AvgIpc) is 2.48. The number of nitro groups is 1. The van der Waals surface area contributed by atoms with Gasteiger partial charge in [0.2, 0.25) is 0 Å². The van der Waals surface area contributed by atoms with E-state index in [0.29, 0.717) is 12.5 Å². The first kappa shape index (κ1) is 14.7. The first-order valence-corrected chi connectivity index (χ1v) is 6.92. The van der Waals surface area contributed by atoms with Crippen LogP contribution in [0.1, 0.15) is 18.4 Å². The van der Waals surface area contributed by atoms with Crippen LogP contribution in [0.25, 0.3) is 0 Å². The molecule has 1 aromatic rings. The molecule has 0 spiro atoms. The minimum Gasteiger partial charge on any atom is -0.396 e. The molecule has 6 heteroatoms. The molecule has 2 rings (SSSR count). The number of rotatable bonds is 5. The van der Waals surface area contributed by atoms with E-state index in [1.54, 1.807) is 12.1 Å². The molecular formula is C14H21N3O3. The van der Waals surface area contributed by atoms with Crippen molar-refractivity contribution >= 4 is 11.4 Å². The molecule has 0 radical (unpaired) electrons. The van der Waals surface area contributed by atoms with Crippen LogP contribution in [0, 0.1) is 16.0 Å². The number of piperidine rings is 1. The molecule has 20 heavy (non-hydrogen) atoms. The summed E-state index contributed by atoms with van der Waals surface area (Å²) < 4.78 is 0. The van der Waals surface area contributed by atoms with Gasteiger partial charge in [-0.05, 0) is 43.5 Å². The highest BCUT2D eigenvalue weighted by Gasteiger charge is 2.20. The molecular weight excluding hydrogens is 258 g/mol. The van der Waals surface area contributed by atoms with Crippen molar-refractivity contribution in [2.24, 2.45) is 5.92 Å². The molecule has 0 aromatic heterocycles. The summed E-state index contributed by atoms with van der Waals surface area (Å²) in [6.07, 6.45) is 1.97. The Morgan fingerprint density at radius 3 is 2.70 bits per heavy atom. The lowest BCUT2D eigenvalue weighted by molar-refractivity contribution is -0.384. The van der Waals surface area contributed by atoms with Gasteiger partial charge < -0.3 is 10.4 Å². The topological polar surface area (TPSA) is 78.6 Å². The number of hydrogen-bond donors (Lipinski definition) is 2. The molecule has 2 N–H and O–H groups in total. The molecule has 0 saturated carbocycles. The number of aliphatic hydroxyl groups is 1. The van der Waals surface area contributed by atoms with Gasteiger partial charge in [0.05, 0.1) is 4.92 Å². The zero-order chi connectivity index (χ0) is 14.5. The van der Waals surface area contributed by atoms with E-state index in [1.807, 2.05) is 7.05 Å². The normalized spacial score (nSPS) is 17.1. The first-order chi connectivity index (χ1) is 9.63. The van der Waals surface area contributed by atoms with Crippen molar-refractivity contribution in [2.45, 2.75) is 19.4 Å². The second-order valence-corrected chi connectivity index (χ2v) is 5.25. The smallest absolute Gasteiger partial charge is 0.269 e. The predicted molar refractivity (Wildman–Crippen MR) is 77.7 cm³/mol. The number of likely N-dealkylation sites (tertiary alicyclic amines) is 1. The quantitative estimate of drug-likeness (QED) is 0.635. The molecule has 1 aliphatic rings. The maximum atomic E-state index is 10.9. The van der Waals surface area contributed by atoms with E-state index in [-0.39, 0.29) is 17.2 Å². The number of nitrogens with zero attached hydrogens (tertiary/aromatic N) is 2. The summed E-state index contributed by atoms with van der Waals surface area (Å²) in [7, 11) is 1.82. The summed E-state index contributed by atoms with van der Waals surface area (Å²) in [5.74, 6) is 0.403. The van der Waals surface area contributed by atoms with E-state index in [0.717, 1.165) is 37.2 Å². The van der Waals surface area contributed by atoms with Crippen molar-refractivity contribution in [2.75, 3.05) is 32.1 Å². The zero-order valence-electron chi connectivity index (χ0n) is 11.7. The molecule has 6 nitrogen and oxygen atoms in total. The minimum atomic E-state index is -0.360. The van der Waals surface area contributed by atoms with E-state index in [4.69, 9.17) is 5.11 Å². The van der Waals surface area contributed by atoms with Crippen LogP contribution in [-0.4, -0.2) is 41.7 Å². The van der Waals surface area contributed by atoms with Gasteiger partial charge in [0.1, 0.15) is 0 Å². The highest BCUT2D eigenvalue weighted by Crippen LogP contribution is 2.25. The highest BCUT2D eigenvalue weighted by atomic mass is 16.6. The third-order valence-electron chi connectivity index (χ3n) is 3.93. The summed E-state index contributed by atoms with van der Waals surface area (Å²) >= 11 is 0. The van der Waals surface area contributed by atoms with Gasteiger partial charge in [-0.15, -0.1) is 0 Å². The highest BCUT2D eigenvalue weighted by molar-refractivity contribution is 5.55. The molecule has 1 heterocycles. The van der Waals surface area contributed by atoms with E-state index in [9.17, 15) is 10.1 Å². The SMILES string of the molecule is CNc1ccc([N+](=O)[O-])cc1CN1CCC(CO)CC1. The van der Waals surface area contributed by atoms with Crippen molar-refractivity contribution in [3.63, 3.8) is 0 Å². The number of non-ortho nitro benzene ring substituents is 1. The van der Waals surface area contributed by atoms with E-state index < -0.39 is 0 Å². The van der Waals surface area contributed by atoms with Gasteiger partial charge in [-0.25, -0.2) is 0 Å². The predicted octanol–water partition coefficient (Wildman–Crippen LogP) is 1.84. The Labute approximate surface area is 118 Å². The Morgan fingerprint density at radius 1 is 1.45 bits per heavy atom. The molecule has 0 amide bonds. The minimum absolute atomic E-state index is 0.129. The van der Waals surface area contributed by atoms with Crippen molar-refractivity contribution in [1.29, 1.82) is 0 Å². The van der Waals surface area contributed by atoms with Crippen molar-refractivity contribution in [3.05, 3.63) is 33.9 Å². The Hall–Kier alpha value is -1.66. The van der Waals surface area contributed by atoms with Crippen LogP contribution in [-0.2, 0) is 6.54 Å². The number of anilines is 1. The third-order valence-corrected chi connectivity index (χ3v) is 3.93. The zero-order valence-corrected chi connectivity index (χ0v) is 11.7. The molecule has 1 aromatic carbocycles. The standard InChI is InChI=1S/C14H21N3O3/c1-15-14-3-2-13(17(19)20)8-12(14)9-16-6-4-11(10-18)5-7-16/h2-3,8,11,15,18H,4-7,9-10H2,1H3. The fraction of sp³-hybridized carbons (Fsp3) is 0.571. The lowest BCUT2D eigenvalue weighted by Crippen LogP contribution is -2.34. The molecule has 0 atom stereocenters. The van der Waals surface area contributed by atoms with Gasteiger partial charge >= 0.3 is 0 Å². The monoisotopic (exact) mass is 279 g/mol. The Morgan fingerprint density at radius 2 is 2.15 bits per heavy atom. The second-order valence-electron chi connectivity index (χ2n) is 5.25. The van der Waals surface area contributed by atoms with Gasteiger partial charge in [0, 0.05) is 38.0 Å². The van der Waals surface area contributed by atoms with E-state index >= 15 is 0 Å². The van der Waals surface area contributed by atoms with Crippen molar-refractivity contribution < 1.29 is 10.0 Å². The lowest BCUT2D eigenvalue weighted by Gasteiger charge is -2.31. The van der Waals surface area contributed by atoms with Crippen LogP contribution in [0.3, 0.4) is 0 Å². The summed E-state index contributed by atoms with van der Waals surface area (Å²) in [5.41, 5.74) is 2.01. The van der Waals surface area contributed by atoms with Crippen LogP contribution in [0.4, 0.5) is 11.4 Å². The summed E-state index contributed by atoms with van der Waals surface area (Å²) in [5, 5.41) is 23.1. The van der Waals surface area contributed by atoms with Crippen LogP contribution < -0.4 is 5.32 Å². The number of aliphatic hydroxyl groups excluding tert-OH is 1. The second kappa shape index (κ2) is 6.67. The number of hydrogen-bond acceptors (Lipinski definition) is 5. The van der Waals surface area contributed by atoms with E-state index in [2.05, 4.69) is 10.2 Å². The Kier molecular flexibility index (Phi) is 4.92. The van der Waals surface area contributed by atoms with Gasteiger partial charge in [-0.2, -0.15) is 0 Å². The largest absolute Gasteiger partial charge is 0.396 e. The third kappa shape index (κ3) is 3.46. The molecule has 1 saturated heterocycles. The Balaban J connectivity index is 2.08. The summed E-state index contributed by atoms with van der Waals surface area (Å²) in [4.78, 5) is 12.8. The van der Waals surface area contributed by atoms with Gasteiger partial charge in [0.25, 0.3) is 5.69 Å². The maximum Gasteiger partial charge on any atom is 0.269 e. The van der Waals surface area contributed by atoms with Crippen LogP contribution >= 0.6 is 0 Å². The van der Waals surface area contributed by atoms with Crippen LogP contribution in [0.15, 0.2) is 18.2 Å². The maximum absolute atomic E-state index is 10.9. The average molecular weight is 279 g/mol. The molecule has 0 unspecified atom stereocenters. The van der Waals surface area contributed by atoms with Crippen LogP contribution in [0.5, 0.6) is 0 Å². The van der Waals surface area contributed by atoms with Gasteiger partial charge in [-0.1, -0.05) is 0 Å². The molecule has 0 aliphatic carbocycles. The number of benzene rings is 1. The van der Waals surface area contributed by atoms with E-state index in [1.165, 1.54) is 6.07 Å². The molecule has 0 bridgehead atoms. The van der Waals surface area contributed by atoms with Crippen molar-refractivity contribution in [3.8, 4) is 0 Å².